The summed E-state index contributed by atoms with van der Waals surface area (Å²) in [4.78, 5) is 36.2. The van der Waals surface area contributed by atoms with Crippen molar-refractivity contribution in [2.24, 2.45) is 34.5 Å². The second-order valence-electron chi connectivity index (χ2n) is 10.7. The van der Waals surface area contributed by atoms with E-state index in [0.29, 0.717) is 25.7 Å². The molecule has 0 saturated heterocycles. The average Bonchev–Trinajstić information content (AvgIpc) is 2.93. The minimum atomic E-state index is -1.60. The number of aliphatic hydroxyl groups is 2. The molecule has 0 amide bonds. The van der Waals surface area contributed by atoms with Crippen LogP contribution in [-0.4, -0.2) is 46.1 Å². The highest BCUT2D eigenvalue weighted by Gasteiger charge is 2.68. The van der Waals surface area contributed by atoms with Gasteiger partial charge in [0, 0.05) is 18.8 Å². The van der Waals surface area contributed by atoms with Crippen molar-refractivity contribution >= 4 is 17.5 Å². The molecule has 0 spiro atoms. The van der Waals surface area contributed by atoms with E-state index in [9.17, 15) is 24.6 Å². The smallest absolute Gasteiger partial charge is 0.303 e. The number of ketones is 2. The molecule has 2 N–H and O–H groups in total. The quantitative estimate of drug-likeness (QED) is 0.683. The lowest BCUT2D eigenvalue weighted by Crippen LogP contribution is -2.62. The Balaban J connectivity index is 1.69. The van der Waals surface area contributed by atoms with Gasteiger partial charge in [0.1, 0.15) is 5.60 Å². The van der Waals surface area contributed by atoms with Crippen LogP contribution in [0.2, 0.25) is 0 Å². The van der Waals surface area contributed by atoms with Crippen LogP contribution in [0.4, 0.5) is 0 Å². The number of hydrogen-bond donors (Lipinski definition) is 2. The van der Waals surface area contributed by atoms with Gasteiger partial charge in [-0.05, 0) is 67.3 Å². The van der Waals surface area contributed by atoms with Crippen molar-refractivity contribution in [3.05, 3.63) is 11.6 Å². The predicted octanol–water partition coefficient (Wildman–Crippen LogP) is 2.60. The van der Waals surface area contributed by atoms with Gasteiger partial charge in [-0.2, -0.15) is 0 Å². The zero-order valence-electron chi connectivity index (χ0n) is 18.4. The van der Waals surface area contributed by atoms with Crippen LogP contribution in [0.15, 0.2) is 11.6 Å². The summed E-state index contributed by atoms with van der Waals surface area (Å²) in [6.45, 7) is 7.09. The number of aliphatic hydroxyl groups excluding tert-OH is 1. The SMILES string of the molecule is CC(=O)OCC(=O)[C@@]1(O)CC[C@@H]2[C@@H]3C[C@H](C)C4=CC(=O)CC[C@]4(C)[C@@H]3[C@@H](O)C[C@@]21C. The fourth-order valence-corrected chi connectivity index (χ4v) is 7.87. The summed E-state index contributed by atoms with van der Waals surface area (Å²) >= 11 is 0. The first-order valence-corrected chi connectivity index (χ1v) is 11.3. The fourth-order valence-electron chi connectivity index (χ4n) is 7.87. The monoisotopic (exact) mass is 418 g/mol. The van der Waals surface area contributed by atoms with Gasteiger partial charge < -0.3 is 14.9 Å². The van der Waals surface area contributed by atoms with Crippen molar-refractivity contribution in [1.82, 2.24) is 0 Å². The van der Waals surface area contributed by atoms with E-state index >= 15 is 0 Å². The van der Waals surface area contributed by atoms with Crippen LogP contribution in [0.3, 0.4) is 0 Å². The normalized spacial score (nSPS) is 47.6. The van der Waals surface area contributed by atoms with Crippen LogP contribution in [-0.2, 0) is 19.1 Å². The minimum Gasteiger partial charge on any atom is -0.458 e. The second kappa shape index (κ2) is 6.99. The van der Waals surface area contributed by atoms with Gasteiger partial charge in [-0.25, -0.2) is 0 Å². The molecule has 0 aliphatic heterocycles. The van der Waals surface area contributed by atoms with Gasteiger partial charge in [-0.3, -0.25) is 14.4 Å². The molecule has 166 valence electrons. The maximum Gasteiger partial charge on any atom is 0.303 e. The van der Waals surface area contributed by atoms with E-state index < -0.39 is 35.5 Å². The van der Waals surface area contributed by atoms with Crippen LogP contribution in [0, 0.1) is 34.5 Å². The number of carbonyl (C=O) groups excluding carboxylic acids is 3. The summed E-state index contributed by atoms with van der Waals surface area (Å²) in [5.74, 6) is -0.287. The highest BCUT2D eigenvalue weighted by molar-refractivity contribution is 5.92. The Labute approximate surface area is 178 Å². The molecule has 0 heterocycles. The van der Waals surface area contributed by atoms with Gasteiger partial charge in [0.2, 0.25) is 5.78 Å². The molecule has 4 rings (SSSR count). The standard InChI is InChI=1S/C24H34O6/c1-13-9-16-17-6-8-24(29,20(28)12-30-14(2)25)23(17,4)11-19(27)21(16)22(3)7-5-15(26)10-18(13)22/h10,13,16-17,19,21,27,29H,5-9,11-12H2,1-4H3/t13-,16-,17+,19-,21-,22-,23-,24-/m0/s1. The predicted molar refractivity (Wildman–Crippen MR) is 109 cm³/mol. The van der Waals surface area contributed by atoms with E-state index in [0.717, 1.165) is 12.8 Å². The van der Waals surface area contributed by atoms with E-state index in [4.69, 9.17) is 4.74 Å². The third-order valence-corrected chi connectivity index (χ3v) is 9.23. The Kier molecular flexibility index (Phi) is 5.06. The molecule has 0 unspecified atom stereocenters. The topological polar surface area (TPSA) is 101 Å². The molecule has 0 aromatic heterocycles. The van der Waals surface area contributed by atoms with Crippen LogP contribution in [0.1, 0.15) is 66.2 Å². The summed E-state index contributed by atoms with van der Waals surface area (Å²) in [5, 5.41) is 22.9. The first-order valence-electron chi connectivity index (χ1n) is 11.3. The number of rotatable bonds is 3. The van der Waals surface area contributed by atoms with E-state index in [1.807, 2.05) is 13.0 Å². The number of ether oxygens (including phenoxy) is 1. The molecule has 4 aliphatic carbocycles. The number of allylic oxidation sites excluding steroid dienone is 1. The molecule has 30 heavy (non-hydrogen) atoms. The van der Waals surface area contributed by atoms with Gasteiger partial charge in [-0.15, -0.1) is 0 Å². The summed E-state index contributed by atoms with van der Waals surface area (Å²) in [6.07, 6.45) is 4.66. The first kappa shape index (κ1) is 21.7. The molecule has 4 aliphatic rings. The Morgan fingerprint density at radius 1 is 1.27 bits per heavy atom. The van der Waals surface area contributed by atoms with E-state index in [-0.39, 0.29) is 34.9 Å². The third-order valence-electron chi connectivity index (χ3n) is 9.23. The lowest BCUT2D eigenvalue weighted by Gasteiger charge is -2.61. The highest BCUT2D eigenvalue weighted by Crippen LogP contribution is 2.68. The number of fused-ring (bicyclic) bond motifs is 5. The van der Waals surface area contributed by atoms with Crippen molar-refractivity contribution in [2.45, 2.75) is 77.9 Å². The molecule has 6 nitrogen and oxygen atoms in total. The van der Waals surface area contributed by atoms with Gasteiger partial charge in [0.05, 0.1) is 6.10 Å². The Morgan fingerprint density at radius 3 is 2.63 bits per heavy atom. The molecule has 3 fully saturated rings. The maximum absolute atomic E-state index is 12.9. The molecule has 8 atom stereocenters. The molecular formula is C24H34O6. The van der Waals surface area contributed by atoms with E-state index in [1.165, 1.54) is 12.5 Å². The van der Waals surface area contributed by atoms with Crippen LogP contribution in [0.5, 0.6) is 0 Å². The molecule has 0 aromatic rings. The Hall–Kier alpha value is -1.53. The van der Waals surface area contributed by atoms with Crippen LogP contribution < -0.4 is 0 Å². The van der Waals surface area contributed by atoms with Gasteiger partial charge in [-0.1, -0.05) is 26.3 Å². The molecule has 0 radical (unpaired) electrons. The third kappa shape index (κ3) is 2.86. The van der Waals surface area contributed by atoms with Gasteiger partial charge in [0.25, 0.3) is 0 Å². The summed E-state index contributed by atoms with van der Waals surface area (Å²) in [5.41, 5.74) is -1.41. The van der Waals surface area contributed by atoms with Crippen molar-refractivity contribution < 1.29 is 29.3 Å². The van der Waals surface area contributed by atoms with E-state index in [2.05, 4.69) is 13.8 Å². The number of Topliss-reactive ketones (excluding diaryl/α,β-unsaturated/α-hetero) is 1. The summed E-state index contributed by atoms with van der Waals surface area (Å²) in [6, 6.07) is 0. The lowest BCUT2D eigenvalue weighted by molar-refractivity contribution is -0.186. The minimum absolute atomic E-state index is 0.0250. The summed E-state index contributed by atoms with van der Waals surface area (Å²) in [7, 11) is 0. The van der Waals surface area contributed by atoms with Crippen LogP contribution >= 0.6 is 0 Å². The number of carbonyl (C=O) groups is 3. The van der Waals surface area contributed by atoms with Crippen molar-refractivity contribution in [1.29, 1.82) is 0 Å². The molecule has 0 aromatic carbocycles. The van der Waals surface area contributed by atoms with Crippen molar-refractivity contribution in [2.75, 3.05) is 6.61 Å². The first-order chi connectivity index (χ1) is 13.9. The zero-order chi connectivity index (χ0) is 22.1. The molecule has 3 saturated carbocycles. The van der Waals surface area contributed by atoms with E-state index in [1.54, 1.807) is 0 Å². The fraction of sp³-hybridized carbons (Fsp3) is 0.792. The average molecular weight is 419 g/mol. The number of esters is 1. The molecule has 6 heteroatoms. The van der Waals surface area contributed by atoms with Crippen LogP contribution in [0.25, 0.3) is 0 Å². The highest BCUT2D eigenvalue weighted by atomic mass is 16.5. The Bertz CT molecular complexity index is 817. The van der Waals surface area contributed by atoms with Gasteiger partial charge >= 0.3 is 5.97 Å². The van der Waals surface area contributed by atoms with Crippen molar-refractivity contribution in [3.8, 4) is 0 Å². The second-order valence-corrected chi connectivity index (χ2v) is 10.7. The molecule has 0 bridgehead atoms. The largest absolute Gasteiger partial charge is 0.458 e. The van der Waals surface area contributed by atoms with Gasteiger partial charge in [0.15, 0.2) is 12.4 Å². The van der Waals surface area contributed by atoms with Crippen molar-refractivity contribution in [3.63, 3.8) is 0 Å². The maximum atomic E-state index is 12.9. The molecular weight excluding hydrogens is 384 g/mol. The number of hydrogen-bond acceptors (Lipinski definition) is 6. The lowest BCUT2D eigenvalue weighted by atomic mass is 9.44. The summed E-state index contributed by atoms with van der Waals surface area (Å²) < 4.78 is 4.90. The zero-order valence-corrected chi connectivity index (χ0v) is 18.4. The Morgan fingerprint density at radius 2 is 1.97 bits per heavy atom.